The number of aromatic nitrogens is 2. The van der Waals surface area contributed by atoms with Crippen LogP contribution in [0.5, 0.6) is 0 Å². The second-order valence-electron chi connectivity index (χ2n) is 8.18. The number of nitrogens with zero attached hydrogens (tertiary/aromatic N) is 2. The van der Waals surface area contributed by atoms with Gasteiger partial charge in [0.05, 0.1) is 17.1 Å². The zero-order valence-corrected chi connectivity index (χ0v) is 17.0. The van der Waals surface area contributed by atoms with Gasteiger partial charge in [-0.2, -0.15) is 0 Å². The van der Waals surface area contributed by atoms with Crippen molar-refractivity contribution in [3.8, 4) is 0 Å². The predicted octanol–water partition coefficient (Wildman–Crippen LogP) is 2.84. The largest absolute Gasteiger partial charge is 0.368 e. The number of rotatable bonds is 6. The van der Waals surface area contributed by atoms with Gasteiger partial charge in [-0.1, -0.05) is 31.4 Å². The van der Waals surface area contributed by atoms with Crippen molar-refractivity contribution in [2.24, 2.45) is 0 Å². The monoisotopic (exact) mass is 398 g/mol. The Morgan fingerprint density at radius 1 is 1.17 bits per heavy atom. The van der Waals surface area contributed by atoms with E-state index < -0.39 is 0 Å². The van der Waals surface area contributed by atoms with E-state index in [0.717, 1.165) is 36.7 Å². The molecule has 29 heavy (non-hydrogen) atoms. The molecule has 7 heteroatoms. The van der Waals surface area contributed by atoms with E-state index >= 15 is 0 Å². The molecule has 2 amide bonds. The highest BCUT2D eigenvalue weighted by Crippen LogP contribution is 2.22. The molecule has 0 radical (unpaired) electrons. The Labute approximate surface area is 171 Å². The fraction of sp³-hybridized carbons (Fsp3) is 0.591. The van der Waals surface area contributed by atoms with Gasteiger partial charge >= 0.3 is 0 Å². The maximum atomic E-state index is 12.8. The number of para-hydroxylation sites is 2. The van der Waals surface area contributed by atoms with Crippen LogP contribution >= 0.6 is 0 Å². The first-order valence-corrected chi connectivity index (χ1v) is 10.8. The fourth-order valence-corrected chi connectivity index (χ4v) is 4.41. The Morgan fingerprint density at radius 2 is 1.97 bits per heavy atom. The molecule has 2 fully saturated rings. The summed E-state index contributed by atoms with van der Waals surface area (Å²) >= 11 is 0. The molecule has 1 aromatic heterocycles. The Kier molecular flexibility index (Phi) is 6.13. The quantitative estimate of drug-likeness (QED) is 0.784. The highest BCUT2D eigenvalue weighted by molar-refractivity contribution is 5.83. The van der Waals surface area contributed by atoms with Gasteiger partial charge in [0.1, 0.15) is 18.5 Å². The number of fused-ring (bicyclic) bond motifs is 1. The number of nitrogens with one attached hydrogen (secondary N) is 2. The molecule has 2 N–H and O–H groups in total. The number of hydrogen-bond acceptors (Lipinski definition) is 4. The number of carbonyl (C=O) groups excluding carboxylic acids is 2. The van der Waals surface area contributed by atoms with Gasteiger partial charge in [-0.15, -0.1) is 0 Å². The van der Waals surface area contributed by atoms with Gasteiger partial charge in [-0.05, 0) is 44.7 Å². The third-order valence-electron chi connectivity index (χ3n) is 5.92. The van der Waals surface area contributed by atoms with Crippen molar-refractivity contribution in [3.63, 3.8) is 0 Å². The molecular formula is C22H30N4O3. The highest BCUT2D eigenvalue weighted by Gasteiger charge is 2.27. The van der Waals surface area contributed by atoms with E-state index in [1.165, 1.54) is 19.3 Å². The Bertz CT molecular complexity index is 866. The zero-order valence-electron chi connectivity index (χ0n) is 17.0. The molecule has 2 aliphatic rings. The average molecular weight is 399 g/mol. The number of ether oxygens (including phenoxy) is 1. The minimum Gasteiger partial charge on any atom is -0.368 e. The van der Waals surface area contributed by atoms with E-state index in [2.05, 4.69) is 10.6 Å². The lowest BCUT2D eigenvalue weighted by molar-refractivity contribution is -0.130. The van der Waals surface area contributed by atoms with Crippen LogP contribution in [0.3, 0.4) is 0 Å². The molecule has 0 spiro atoms. The van der Waals surface area contributed by atoms with Crippen LogP contribution in [0.4, 0.5) is 0 Å². The Morgan fingerprint density at radius 3 is 2.72 bits per heavy atom. The normalized spacial score (nSPS) is 21.2. The summed E-state index contributed by atoms with van der Waals surface area (Å²) < 4.78 is 7.41. The number of carbonyl (C=O) groups is 2. The Hall–Kier alpha value is -2.41. The second-order valence-corrected chi connectivity index (χ2v) is 8.18. The van der Waals surface area contributed by atoms with E-state index in [1.54, 1.807) is 0 Å². The standard InChI is InChI=1S/C22H30N4O3/c1-15(23-22(28)19-12-7-13-29-19)21-25-17-10-5-6-11-18(17)26(21)14-20(27)24-16-8-3-2-4-9-16/h5-6,10-11,15-16,19H,2-4,7-9,12-14H2,1H3,(H,23,28)(H,24,27). The van der Waals surface area contributed by atoms with Gasteiger partial charge in [0, 0.05) is 12.6 Å². The molecule has 1 aliphatic carbocycles. The smallest absolute Gasteiger partial charge is 0.249 e. The number of hydrogen-bond donors (Lipinski definition) is 2. The van der Waals surface area contributed by atoms with Crippen LogP contribution in [0.2, 0.25) is 0 Å². The zero-order chi connectivity index (χ0) is 20.2. The molecule has 2 aromatic rings. The van der Waals surface area contributed by atoms with Gasteiger partial charge in [-0.25, -0.2) is 4.98 Å². The lowest BCUT2D eigenvalue weighted by Gasteiger charge is -2.23. The molecule has 4 rings (SSSR count). The molecule has 2 unspecified atom stereocenters. The lowest BCUT2D eigenvalue weighted by atomic mass is 9.95. The van der Waals surface area contributed by atoms with Crippen molar-refractivity contribution in [2.45, 2.75) is 76.6 Å². The molecule has 156 valence electrons. The van der Waals surface area contributed by atoms with E-state index in [1.807, 2.05) is 35.8 Å². The first-order valence-electron chi connectivity index (χ1n) is 10.8. The number of imidazole rings is 1. The number of benzene rings is 1. The van der Waals surface area contributed by atoms with Gasteiger partial charge in [0.25, 0.3) is 0 Å². The Balaban J connectivity index is 1.51. The third kappa shape index (κ3) is 4.61. The minimum atomic E-state index is -0.384. The first-order chi connectivity index (χ1) is 14.1. The molecule has 1 aliphatic heterocycles. The lowest BCUT2D eigenvalue weighted by Crippen LogP contribution is -2.39. The number of amides is 2. The summed E-state index contributed by atoms with van der Waals surface area (Å²) in [6, 6.07) is 7.73. The molecule has 1 saturated carbocycles. The molecule has 2 heterocycles. The van der Waals surface area contributed by atoms with Crippen LogP contribution in [0, 0.1) is 0 Å². The van der Waals surface area contributed by atoms with Crippen LogP contribution in [0.25, 0.3) is 11.0 Å². The molecular weight excluding hydrogens is 368 g/mol. The van der Waals surface area contributed by atoms with E-state index in [-0.39, 0.29) is 36.5 Å². The molecule has 1 saturated heterocycles. The van der Waals surface area contributed by atoms with Crippen molar-refractivity contribution >= 4 is 22.8 Å². The van der Waals surface area contributed by atoms with Crippen molar-refractivity contribution in [3.05, 3.63) is 30.1 Å². The summed E-state index contributed by atoms with van der Waals surface area (Å²) in [5.74, 6) is 0.579. The van der Waals surface area contributed by atoms with E-state index in [0.29, 0.717) is 12.4 Å². The van der Waals surface area contributed by atoms with Crippen molar-refractivity contribution in [1.29, 1.82) is 0 Å². The summed E-state index contributed by atoms with van der Waals surface area (Å²) in [5.41, 5.74) is 1.73. The maximum Gasteiger partial charge on any atom is 0.249 e. The first kappa shape index (κ1) is 19.9. The van der Waals surface area contributed by atoms with Crippen LogP contribution in [0.1, 0.15) is 63.7 Å². The molecule has 7 nitrogen and oxygen atoms in total. The summed E-state index contributed by atoms with van der Waals surface area (Å²) in [6.45, 7) is 2.74. The van der Waals surface area contributed by atoms with Gasteiger partial charge in [0.2, 0.25) is 11.8 Å². The van der Waals surface area contributed by atoms with Gasteiger partial charge in [-0.3, -0.25) is 9.59 Å². The summed E-state index contributed by atoms with van der Waals surface area (Å²) in [6.07, 6.45) is 6.99. The predicted molar refractivity (Wildman–Crippen MR) is 110 cm³/mol. The molecule has 0 bridgehead atoms. The summed E-state index contributed by atoms with van der Waals surface area (Å²) in [7, 11) is 0. The van der Waals surface area contributed by atoms with Crippen LogP contribution in [-0.4, -0.2) is 40.1 Å². The third-order valence-corrected chi connectivity index (χ3v) is 5.92. The van der Waals surface area contributed by atoms with Gasteiger partial charge < -0.3 is 19.9 Å². The van der Waals surface area contributed by atoms with Gasteiger partial charge in [0.15, 0.2) is 0 Å². The topological polar surface area (TPSA) is 85.2 Å². The molecule has 2 atom stereocenters. The summed E-state index contributed by atoms with van der Waals surface area (Å²) in [4.78, 5) is 30.0. The average Bonchev–Trinajstić information content (AvgIpc) is 3.37. The van der Waals surface area contributed by atoms with Crippen LogP contribution < -0.4 is 10.6 Å². The second kappa shape index (κ2) is 8.95. The van der Waals surface area contributed by atoms with Crippen LogP contribution in [0.15, 0.2) is 24.3 Å². The van der Waals surface area contributed by atoms with Crippen molar-refractivity contribution < 1.29 is 14.3 Å². The van der Waals surface area contributed by atoms with Crippen molar-refractivity contribution in [2.75, 3.05) is 6.61 Å². The van der Waals surface area contributed by atoms with Crippen molar-refractivity contribution in [1.82, 2.24) is 20.2 Å². The minimum absolute atomic E-state index is 0.000967. The molecule has 1 aromatic carbocycles. The maximum absolute atomic E-state index is 12.8. The van der Waals surface area contributed by atoms with E-state index in [9.17, 15) is 9.59 Å². The summed E-state index contributed by atoms with van der Waals surface area (Å²) in [5, 5.41) is 6.19. The van der Waals surface area contributed by atoms with E-state index in [4.69, 9.17) is 9.72 Å². The highest BCUT2D eigenvalue weighted by atomic mass is 16.5. The van der Waals surface area contributed by atoms with Crippen LogP contribution in [-0.2, 0) is 20.9 Å². The fourth-order valence-electron chi connectivity index (χ4n) is 4.41. The SMILES string of the molecule is CC(NC(=O)C1CCCO1)c1nc2ccccc2n1CC(=O)NC1CCCCC1.